The van der Waals surface area contributed by atoms with Crippen molar-refractivity contribution in [3.8, 4) is 0 Å². The third-order valence-electron chi connectivity index (χ3n) is 2.59. The van der Waals surface area contributed by atoms with E-state index in [2.05, 4.69) is 10.3 Å². The molecule has 18 heavy (non-hydrogen) atoms. The number of nitro benzene ring substituents is 1. The molecular formula is C13H13N3O2. The highest BCUT2D eigenvalue weighted by Crippen LogP contribution is 2.20. The number of nitro groups is 1. The second kappa shape index (κ2) is 5.27. The van der Waals surface area contributed by atoms with Crippen LogP contribution in [-0.2, 0) is 0 Å². The number of hydrogen-bond donors (Lipinski definition) is 1. The number of aromatic nitrogens is 1. The number of rotatable bonds is 4. The van der Waals surface area contributed by atoms with E-state index in [-0.39, 0.29) is 11.7 Å². The molecule has 0 saturated carbocycles. The van der Waals surface area contributed by atoms with Gasteiger partial charge in [0.15, 0.2) is 0 Å². The Labute approximate surface area is 105 Å². The Kier molecular flexibility index (Phi) is 3.52. The maximum atomic E-state index is 10.5. The second-order valence-corrected chi connectivity index (χ2v) is 3.92. The lowest BCUT2D eigenvalue weighted by molar-refractivity contribution is -0.384. The van der Waals surface area contributed by atoms with Gasteiger partial charge in [-0.1, -0.05) is 6.07 Å². The molecule has 0 spiro atoms. The molecule has 5 heteroatoms. The lowest BCUT2D eigenvalue weighted by atomic mass is 10.2. The predicted molar refractivity (Wildman–Crippen MR) is 69.4 cm³/mol. The van der Waals surface area contributed by atoms with Gasteiger partial charge in [0, 0.05) is 24.0 Å². The Bertz CT molecular complexity index is 526. The molecule has 1 aromatic carbocycles. The molecule has 0 saturated heterocycles. The summed E-state index contributed by atoms with van der Waals surface area (Å²) in [4.78, 5) is 14.4. The molecule has 1 atom stereocenters. The number of anilines is 1. The zero-order chi connectivity index (χ0) is 13.0. The van der Waals surface area contributed by atoms with Crippen molar-refractivity contribution in [3.63, 3.8) is 0 Å². The fourth-order valence-corrected chi connectivity index (χ4v) is 1.64. The van der Waals surface area contributed by atoms with Crippen LogP contribution < -0.4 is 5.32 Å². The van der Waals surface area contributed by atoms with Crippen molar-refractivity contribution in [1.29, 1.82) is 0 Å². The molecule has 5 nitrogen and oxygen atoms in total. The van der Waals surface area contributed by atoms with E-state index >= 15 is 0 Å². The highest BCUT2D eigenvalue weighted by atomic mass is 16.6. The van der Waals surface area contributed by atoms with Crippen molar-refractivity contribution in [2.75, 3.05) is 5.32 Å². The van der Waals surface area contributed by atoms with Gasteiger partial charge in [0.05, 0.1) is 16.7 Å². The van der Waals surface area contributed by atoms with Crippen LogP contribution in [0.5, 0.6) is 0 Å². The van der Waals surface area contributed by atoms with Crippen LogP contribution in [-0.4, -0.2) is 9.91 Å². The van der Waals surface area contributed by atoms with Gasteiger partial charge in [-0.25, -0.2) is 0 Å². The molecule has 0 aliphatic carbocycles. The summed E-state index contributed by atoms with van der Waals surface area (Å²) < 4.78 is 0. The summed E-state index contributed by atoms with van der Waals surface area (Å²) in [6.45, 7) is 1.99. The van der Waals surface area contributed by atoms with Gasteiger partial charge >= 0.3 is 0 Å². The minimum Gasteiger partial charge on any atom is -0.377 e. The monoisotopic (exact) mass is 243 g/mol. The molecular weight excluding hydrogens is 230 g/mol. The van der Waals surface area contributed by atoms with Crippen molar-refractivity contribution in [1.82, 2.24) is 4.98 Å². The normalized spacial score (nSPS) is 11.8. The lowest BCUT2D eigenvalue weighted by Gasteiger charge is -2.14. The van der Waals surface area contributed by atoms with Gasteiger partial charge in [-0.2, -0.15) is 0 Å². The van der Waals surface area contributed by atoms with Crippen LogP contribution in [0.1, 0.15) is 18.7 Å². The largest absolute Gasteiger partial charge is 0.377 e. The first kappa shape index (κ1) is 12.0. The van der Waals surface area contributed by atoms with Crippen LogP contribution in [0.15, 0.2) is 48.7 Å². The van der Waals surface area contributed by atoms with E-state index in [0.717, 1.165) is 11.4 Å². The minimum absolute atomic E-state index is 0.0488. The molecule has 0 fully saturated rings. The van der Waals surface area contributed by atoms with Crippen molar-refractivity contribution in [3.05, 3.63) is 64.5 Å². The van der Waals surface area contributed by atoms with Gasteiger partial charge in [0.2, 0.25) is 0 Å². The van der Waals surface area contributed by atoms with Gasteiger partial charge in [0.25, 0.3) is 5.69 Å². The van der Waals surface area contributed by atoms with Gasteiger partial charge < -0.3 is 5.32 Å². The first-order chi connectivity index (χ1) is 8.66. The first-order valence-electron chi connectivity index (χ1n) is 5.59. The zero-order valence-corrected chi connectivity index (χ0v) is 9.91. The average molecular weight is 243 g/mol. The summed E-state index contributed by atoms with van der Waals surface area (Å²) in [5, 5.41) is 13.8. The Balaban J connectivity index is 2.08. The van der Waals surface area contributed by atoms with E-state index in [1.807, 2.05) is 25.1 Å². The Morgan fingerprint density at radius 1 is 1.22 bits per heavy atom. The molecule has 1 unspecified atom stereocenters. The van der Waals surface area contributed by atoms with Crippen LogP contribution in [0.2, 0.25) is 0 Å². The summed E-state index contributed by atoms with van der Waals surface area (Å²) in [5.41, 5.74) is 1.85. The summed E-state index contributed by atoms with van der Waals surface area (Å²) >= 11 is 0. The molecule has 0 amide bonds. The Morgan fingerprint density at radius 2 is 1.94 bits per heavy atom. The molecule has 1 heterocycles. The number of nitrogens with one attached hydrogen (secondary N) is 1. The molecule has 2 rings (SSSR count). The molecule has 0 radical (unpaired) electrons. The summed E-state index contributed by atoms with van der Waals surface area (Å²) in [6, 6.07) is 12.1. The van der Waals surface area contributed by atoms with E-state index in [4.69, 9.17) is 0 Å². The molecule has 0 aliphatic heterocycles. The van der Waals surface area contributed by atoms with Crippen LogP contribution in [0.25, 0.3) is 0 Å². The second-order valence-electron chi connectivity index (χ2n) is 3.92. The van der Waals surface area contributed by atoms with Crippen molar-refractivity contribution in [2.24, 2.45) is 0 Å². The number of nitrogens with zero attached hydrogens (tertiary/aromatic N) is 2. The fourth-order valence-electron chi connectivity index (χ4n) is 1.64. The molecule has 1 N–H and O–H groups in total. The van der Waals surface area contributed by atoms with Gasteiger partial charge in [0.1, 0.15) is 0 Å². The minimum atomic E-state index is -0.411. The van der Waals surface area contributed by atoms with Gasteiger partial charge in [-0.05, 0) is 31.2 Å². The smallest absolute Gasteiger partial charge is 0.269 e. The van der Waals surface area contributed by atoms with Gasteiger partial charge in [-0.15, -0.1) is 0 Å². The van der Waals surface area contributed by atoms with E-state index in [9.17, 15) is 10.1 Å². The van der Waals surface area contributed by atoms with Crippen molar-refractivity contribution < 1.29 is 4.92 Å². The quantitative estimate of drug-likeness (QED) is 0.661. The third-order valence-corrected chi connectivity index (χ3v) is 2.59. The summed E-state index contributed by atoms with van der Waals surface area (Å²) in [5.74, 6) is 0. The van der Waals surface area contributed by atoms with Crippen LogP contribution in [0.3, 0.4) is 0 Å². The molecule has 1 aromatic heterocycles. The molecule has 0 aliphatic rings. The van der Waals surface area contributed by atoms with E-state index < -0.39 is 4.92 Å². The number of non-ortho nitro benzene ring substituents is 1. The summed E-state index contributed by atoms with van der Waals surface area (Å²) in [6.07, 6.45) is 1.74. The average Bonchev–Trinajstić information content (AvgIpc) is 2.40. The number of hydrogen-bond acceptors (Lipinski definition) is 4. The Hall–Kier alpha value is -2.43. The summed E-state index contributed by atoms with van der Waals surface area (Å²) in [7, 11) is 0. The molecule has 2 aromatic rings. The standard InChI is InChI=1S/C13H13N3O2/c1-10(13-4-2-3-9-14-13)15-11-5-7-12(8-6-11)16(17)18/h2-10,15H,1H3. The van der Waals surface area contributed by atoms with Crippen LogP contribution in [0.4, 0.5) is 11.4 Å². The number of pyridine rings is 1. The van der Waals surface area contributed by atoms with Crippen molar-refractivity contribution in [2.45, 2.75) is 13.0 Å². The fraction of sp³-hybridized carbons (Fsp3) is 0.154. The zero-order valence-electron chi connectivity index (χ0n) is 9.91. The van der Waals surface area contributed by atoms with E-state index in [1.165, 1.54) is 12.1 Å². The van der Waals surface area contributed by atoms with Crippen LogP contribution in [0, 0.1) is 10.1 Å². The van der Waals surface area contributed by atoms with Crippen molar-refractivity contribution >= 4 is 11.4 Å². The first-order valence-corrected chi connectivity index (χ1v) is 5.59. The van der Waals surface area contributed by atoms with E-state index in [1.54, 1.807) is 18.3 Å². The van der Waals surface area contributed by atoms with E-state index in [0.29, 0.717) is 0 Å². The SMILES string of the molecule is CC(Nc1ccc([N+](=O)[O-])cc1)c1ccccn1. The lowest BCUT2D eigenvalue weighted by Crippen LogP contribution is -2.07. The maximum Gasteiger partial charge on any atom is 0.269 e. The topological polar surface area (TPSA) is 68.1 Å². The third kappa shape index (κ3) is 2.82. The maximum absolute atomic E-state index is 10.5. The molecule has 0 bridgehead atoms. The Morgan fingerprint density at radius 3 is 2.50 bits per heavy atom. The van der Waals surface area contributed by atoms with Gasteiger partial charge in [-0.3, -0.25) is 15.1 Å². The number of benzene rings is 1. The molecule has 92 valence electrons. The van der Waals surface area contributed by atoms with Crippen LogP contribution >= 0.6 is 0 Å². The highest BCUT2D eigenvalue weighted by molar-refractivity contribution is 5.49. The highest BCUT2D eigenvalue weighted by Gasteiger charge is 2.08. The predicted octanol–water partition coefficient (Wildman–Crippen LogP) is 3.16.